The van der Waals surface area contributed by atoms with Crippen molar-refractivity contribution < 1.29 is 18.0 Å². The van der Waals surface area contributed by atoms with Crippen molar-refractivity contribution in [2.24, 2.45) is 0 Å². The maximum atomic E-state index is 12.8. The first kappa shape index (κ1) is 14.4. The summed E-state index contributed by atoms with van der Waals surface area (Å²) in [5.74, 6) is -0.733. The molecule has 0 atom stereocenters. The summed E-state index contributed by atoms with van der Waals surface area (Å²) < 4.78 is 38.4. The molecule has 1 amide bonds. The quantitative estimate of drug-likeness (QED) is 0.788. The molecule has 0 saturated heterocycles. The third kappa shape index (κ3) is 2.94. The van der Waals surface area contributed by atoms with Gasteiger partial charge in [0.15, 0.2) is 0 Å². The van der Waals surface area contributed by atoms with Gasteiger partial charge in [0.25, 0.3) is 5.91 Å². The molecule has 6 nitrogen and oxygen atoms in total. The van der Waals surface area contributed by atoms with Crippen LogP contribution in [0.3, 0.4) is 0 Å². The Morgan fingerprint density at radius 1 is 1.43 bits per heavy atom. The van der Waals surface area contributed by atoms with E-state index in [9.17, 15) is 18.0 Å². The van der Waals surface area contributed by atoms with Crippen LogP contribution in [-0.2, 0) is 6.18 Å². The summed E-state index contributed by atoms with van der Waals surface area (Å²) in [6.45, 7) is 0. The van der Waals surface area contributed by atoms with E-state index in [0.717, 1.165) is 6.07 Å². The molecule has 0 saturated carbocycles. The molecule has 21 heavy (non-hydrogen) atoms. The van der Waals surface area contributed by atoms with E-state index in [1.165, 1.54) is 18.3 Å². The number of nitriles is 1. The van der Waals surface area contributed by atoms with Gasteiger partial charge in [-0.05, 0) is 18.2 Å². The van der Waals surface area contributed by atoms with E-state index >= 15 is 0 Å². The molecular formula is C12H8F3N5O. The number of hydrogen-bond donors (Lipinski definition) is 3. The van der Waals surface area contributed by atoms with E-state index in [0.29, 0.717) is 6.07 Å². The third-order valence-electron chi connectivity index (χ3n) is 2.60. The summed E-state index contributed by atoms with van der Waals surface area (Å²) in [6, 6.07) is 4.31. The zero-order chi connectivity index (χ0) is 15.6. The highest BCUT2D eigenvalue weighted by molar-refractivity contribution is 6.06. The number of nitrogens with two attached hydrogens (primary N) is 1. The normalized spacial score (nSPS) is 11.0. The lowest BCUT2D eigenvalue weighted by atomic mass is 10.1. The fourth-order valence-corrected chi connectivity index (χ4v) is 1.62. The first-order valence-electron chi connectivity index (χ1n) is 5.54. The Balaban J connectivity index is 2.32. The highest BCUT2D eigenvalue weighted by atomic mass is 19.4. The number of carbonyl (C=O) groups is 1. The van der Waals surface area contributed by atoms with Gasteiger partial charge in [0, 0.05) is 5.69 Å². The minimum Gasteiger partial charge on any atom is -0.396 e. The van der Waals surface area contributed by atoms with Crippen LogP contribution in [0.1, 0.15) is 21.6 Å². The maximum Gasteiger partial charge on any atom is 0.417 e. The molecule has 9 heteroatoms. The van der Waals surface area contributed by atoms with Crippen molar-refractivity contribution in [3.63, 3.8) is 0 Å². The van der Waals surface area contributed by atoms with Gasteiger partial charge < -0.3 is 11.1 Å². The fourth-order valence-electron chi connectivity index (χ4n) is 1.62. The Bertz CT molecular complexity index is 729. The lowest BCUT2D eigenvalue weighted by molar-refractivity contribution is -0.137. The van der Waals surface area contributed by atoms with Gasteiger partial charge in [0.1, 0.15) is 5.69 Å². The van der Waals surface area contributed by atoms with Gasteiger partial charge in [-0.3, -0.25) is 9.89 Å². The minimum absolute atomic E-state index is 0.0621. The molecular weight excluding hydrogens is 287 g/mol. The standard InChI is InChI=1S/C12H8F3N5O/c13-12(14,15)8-3-7(2-1-6(8)4-16)19-11(21)10-9(17)5-18-20-10/h1-3,5H,17H2,(H,18,20)(H,19,21). The Kier molecular flexibility index (Phi) is 3.54. The highest BCUT2D eigenvalue weighted by Gasteiger charge is 2.34. The monoisotopic (exact) mass is 295 g/mol. The van der Waals surface area contributed by atoms with Crippen molar-refractivity contribution in [3.8, 4) is 6.07 Å². The zero-order valence-electron chi connectivity index (χ0n) is 10.3. The van der Waals surface area contributed by atoms with E-state index in [4.69, 9.17) is 11.0 Å². The van der Waals surface area contributed by atoms with Crippen molar-refractivity contribution in [2.75, 3.05) is 11.1 Å². The molecule has 0 aliphatic heterocycles. The Hall–Kier alpha value is -3.02. The lowest BCUT2D eigenvalue weighted by Crippen LogP contribution is -2.15. The van der Waals surface area contributed by atoms with E-state index < -0.39 is 23.2 Å². The molecule has 0 fully saturated rings. The molecule has 1 aromatic carbocycles. The van der Waals surface area contributed by atoms with E-state index in [1.54, 1.807) is 0 Å². The number of hydrogen-bond acceptors (Lipinski definition) is 4. The van der Waals surface area contributed by atoms with Gasteiger partial charge in [0.05, 0.1) is 29.1 Å². The summed E-state index contributed by atoms with van der Waals surface area (Å²) in [6.07, 6.45) is -3.49. The summed E-state index contributed by atoms with van der Waals surface area (Å²) in [5.41, 5.74) is 3.71. The van der Waals surface area contributed by atoms with Gasteiger partial charge >= 0.3 is 6.18 Å². The lowest BCUT2D eigenvalue weighted by Gasteiger charge is -2.11. The maximum absolute atomic E-state index is 12.8. The van der Waals surface area contributed by atoms with Gasteiger partial charge in [-0.1, -0.05) is 0 Å². The van der Waals surface area contributed by atoms with Crippen LogP contribution < -0.4 is 11.1 Å². The van der Waals surface area contributed by atoms with Crippen LogP contribution in [-0.4, -0.2) is 16.1 Å². The summed E-state index contributed by atoms with van der Waals surface area (Å²) in [4.78, 5) is 11.8. The second-order valence-electron chi connectivity index (χ2n) is 4.02. The molecule has 2 aromatic rings. The molecule has 0 aliphatic rings. The minimum atomic E-state index is -4.70. The SMILES string of the molecule is N#Cc1ccc(NC(=O)c2[nH]ncc2N)cc1C(F)(F)F. The highest BCUT2D eigenvalue weighted by Crippen LogP contribution is 2.33. The van der Waals surface area contributed by atoms with Crippen LogP contribution in [0, 0.1) is 11.3 Å². The summed E-state index contributed by atoms with van der Waals surface area (Å²) in [7, 11) is 0. The van der Waals surface area contributed by atoms with Crippen LogP contribution in [0.15, 0.2) is 24.4 Å². The molecule has 1 aromatic heterocycles. The van der Waals surface area contributed by atoms with Crippen LogP contribution >= 0.6 is 0 Å². The van der Waals surface area contributed by atoms with Crippen LogP contribution in [0.5, 0.6) is 0 Å². The van der Waals surface area contributed by atoms with Crippen molar-refractivity contribution in [1.82, 2.24) is 10.2 Å². The van der Waals surface area contributed by atoms with Crippen molar-refractivity contribution >= 4 is 17.3 Å². The molecule has 0 unspecified atom stereocenters. The molecule has 0 bridgehead atoms. The fraction of sp³-hybridized carbons (Fsp3) is 0.0833. The number of rotatable bonds is 2. The smallest absolute Gasteiger partial charge is 0.396 e. The predicted octanol–water partition coefficient (Wildman–Crippen LogP) is 2.13. The third-order valence-corrected chi connectivity index (χ3v) is 2.60. The van der Waals surface area contributed by atoms with Gasteiger partial charge in [-0.15, -0.1) is 0 Å². The number of nitrogens with zero attached hydrogens (tertiary/aromatic N) is 2. The molecule has 4 N–H and O–H groups in total. The molecule has 0 spiro atoms. The van der Waals surface area contributed by atoms with E-state index in [2.05, 4.69) is 15.5 Å². The molecule has 108 valence electrons. The Morgan fingerprint density at radius 2 is 2.14 bits per heavy atom. The number of halogens is 3. The van der Waals surface area contributed by atoms with Gasteiger partial charge in [-0.25, -0.2) is 0 Å². The van der Waals surface area contributed by atoms with E-state index in [-0.39, 0.29) is 17.1 Å². The molecule has 0 aliphatic carbocycles. The number of carbonyl (C=O) groups excluding carboxylic acids is 1. The number of aromatic amines is 1. The first-order valence-corrected chi connectivity index (χ1v) is 5.54. The molecule has 2 rings (SSSR count). The van der Waals surface area contributed by atoms with Crippen molar-refractivity contribution in [2.45, 2.75) is 6.18 Å². The molecule has 0 radical (unpaired) electrons. The van der Waals surface area contributed by atoms with Crippen molar-refractivity contribution in [1.29, 1.82) is 5.26 Å². The number of alkyl halides is 3. The second-order valence-corrected chi connectivity index (χ2v) is 4.02. The summed E-state index contributed by atoms with van der Waals surface area (Å²) >= 11 is 0. The van der Waals surface area contributed by atoms with Gasteiger partial charge in [-0.2, -0.15) is 23.5 Å². The Morgan fingerprint density at radius 3 is 2.67 bits per heavy atom. The number of nitrogen functional groups attached to an aromatic ring is 1. The number of benzene rings is 1. The van der Waals surface area contributed by atoms with Crippen LogP contribution in [0.25, 0.3) is 0 Å². The topological polar surface area (TPSA) is 108 Å². The van der Waals surface area contributed by atoms with E-state index in [1.807, 2.05) is 0 Å². The first-order chi connectivity index (χ1) is 9.82. The second kappa shape index (κ2) is 5.16. The van der Waals surface area contributed by atoms with Crippen LogP contribution in [0.4, 0.5) is 24.5 Å². The number of H-pyrrole nitrogens is 1. The van der Waals surface area contributed by atoms with Crippen LogP contribution in [0.2, 0.25) is 0 Å². The summed E-state index contributed by atoms with van der Waals surface area (Å²) in [5, 5.41) is 16.8. The number of amides is 1. The van der Waals surface area contributed by atoms with Gasteiger partial charge in [0.2, 0.25) is 0 Å². The Labute approximate surface area is 116 Å². The average molecular weight is 295 g/mol. The number of anilines is 2. The van der Waals surface area contributed by atoms with Crippen molar-refractivity contribution in [3.05, 3.63) is 41.2 Å². The predicted molar refractivity (Wildman–Crippen MR) is 67.1 cm³/mol. The number of aromatic nitrogens is 2. The zero-order valence-corrected chi connectivity index (χ0v) is 10.3. The average Bonchev–Trinajstić information content (AvgIpc) is 2.84. The number of nitrogens with one attached hydrogen (secondary N) is 2. The largest absolute Gasteiger partial charge is 0.417 e. The molecule has 1 heterocycles.